The predicted molar refractivity (Wildman–Crippen MR) is 82.8 cm³/mol. The van der Waals surface area contributed by atoms with Crippen molar-refractivity contribution in [2.24, 2.45) is 0 Å². The first kappa shape index (κ1) is 13.1. The molecule has 2 N–H and O–H groups in total. The van der Waals surface area contributed by atoms with Crippen molar-refractivity contribution in [1.82, 2.24) is 4.90 Å². The highest BCUT2D eigenvalue weighted by molar-refractivity contribution is 7.99. The fourth-order valence-corrected chi connectivity index (χ4v) is 3.25. The summed E-state index contributed by atoms with van der Waals surface area (Å²) in [6.07, 6.45) is 0. The Morgan fingerprint density at radius 2 is 1.95 bits per heavy atom. The lowest BCUT2D eigenvalue weighted by atomic mass is 10.1. The Bertz CT molecular complexity index is 628. The maximum Gasteiger partial charge on any atom is 0.254 e. The van der Waals surface area contributed by atoms with E-state index in [1.165, 1.54) is 4.90 Å². The molecule has 0 saturated carbocycles. The van der Waals surface area contributed by atoms with Gasteiger partial charge in [-0.25, -0.2) is 0 Å². The van der Waals surface area contributed by atoms with Crippen LogP contribution in [0.25, 0.3) is 0 Å². The van der Waals surface area contributed by atoms with Crippen LogP contribution in [0.2, 0.25) is 0 Å². The second kappa shape index (κ2) is 5.59. The third-order valence-corrected chi connectivity index (χ3v) is 4.38. The van der Waals surface area contributed by atoms with Gasteiger partial charge in [0.05, 0.1) is 0 Å². The SMILES string of the molecule is Nc1ccc2c(c1)C(=O)N(CCSc1ccccc1)C2. The van der Waals surface area contributed by atoms with Crippen molar-refractivity contribution in [3.63, 3.8) is 0 Å². The molecule has 2 aromatic rings. The molecule has 0 radical (unpaired) electrons. The molecule has 20 heavy (non-hydrogen) atoms. The fourth-order valence-electron chi connectivity index (χ4n) is 2.35. The second-order valence-electron chi connectivity index (χ2n) is 4.80. The number of fused-ring (bicyclic) bond motifs is 1. The molecular weight excluding hydrogens is 268 g/mol. The van der Waals surface area contributed by atoms with E-state index in [4.69, 9.17) is 5.73 Å². The number of carbonyl (C=O) groups excluding carboxylic acids is 1. The molecule has 0 aromatic heterocycles. The summed E-state index contributed by atoms with van der Waals surface area (Å²) in [6, 6.07) is 15.8. The van der Waals surface area contributed by atoms with E-state index in [-0.39, 0.29) is 5.91 Å². The van der Waals surface area contributed by atoms with Crippen molar-refractivity contribution in [2.75, 3.05) is 18.0 Å². The summed E-state index contributed by atoms with van der Waals surface area (Å²) in [6.45, 7) is 1.46. The molecule has 1 heterocycles. The van der Waals surface area contributed by atoms with Gasteiger partial charge in [-0.2, -0.15) is 0 Å². The summed E-state index contributed by atoms with van der Waals surface area (Å²) < 4.78 is 0. The number of amides is 1. The third kappa shape index (κ3) is 2.65. The van der Waals surface area contributed by atoms with Gasteiger partial charge in [-0.15, -0.1) is 11.8 Å². The van der Waals surface area contributed by atoms with Crippen molar-refractivity contribution in [3.8, 4) is 0 Å². The molecule has 0 spiro atoms. The van der Waals surface area contributed by atoms with Crippen LogP contribution < -0.4 is 5.73 Å². The van der Waals surface area contributed by atoms with E-state index in [0.29, 0.717) is 12.2 Å². The Labute approximate surface area is 122 Å². The Morgan fingerprint density at radius 1 is 1.15 bits per heavy atom. The van der Waals surface area contributed by atoms with Gasteiger partial charge >= 0.3 is 0 Å². The van der Waals surface area contributed by atoms with Crippen LogP contribution in [-0.4, -0.2) is 23.1 Å². The monoisotopic (exact) mass is 284 g/mol. The van der Waals surface area contributed by atoms with Gasteiger partial charge in [0.2, 0.25) is 0 Å². The highest BCUT2D eigenvalue weighted by Crippen LogP contribution is 2.25. The van der Waals surface area contributed by atoms with E-state index < -0.39 is 0 Å². The first-order valence-electron chi connectivity index (χ1n) is 6.59. The number of thioether (sulfide) groups is 1. The molecule has 1 aliphatic heterocycles. The summed E-state index contributed by atoms with van der Waals surface area (Å²) in [5, 5.41) is 0. The van der Waals surface area contributed by atoms with Crippen LogP contribution in [0.4, 0.5) is 5.69 Å². The Balaban J connectivity index is 1.59. The largest absolute Gasteiger partial charge is 0.399 e. The van der Waals surface area contributed by atoms with Crippen molar-refractivity contribution < 1.29 is 4.79 Å². The highest BCUT2D eigenvalue weighted by atomic mass is 32.2. The number of anilines is 1. The quantitative estimate of drug-likeness (QED) is 0.693. The topological polar surface area (TPSA) is 46.3 Å². The van der Waals surface area contributed by atoms with Gasteiger partial charge in [0.25, 0.3) is 5.91 Å². The van der Waals surface area contributed by atoms with Crippen molar-refractivity contribution >= 4 is 23.4 Å². The van der Waals surface area contributed by atoms with Crippen LogP contribution in [0.15, 0.2) is 53.4 Å². The van der Waals surface area contributed by atoms with Crippen LogP contribution in [0.3, 0.4) is 0 Å². The maximum atomic E-state index is 12.3. The van der Waals surface area contributed by atoms with Crippen LogP contribution in [-0.2, 0) is 6.54 Å². The van der Waals surface area contributed by atoms with Crippen LogP contribution in [0, 0.1) is 0 Å². The van der Waals surface area contributed by atoms with Gasteiger partial charge in [-0.1, -0.05) is 24.3 Å². The number of nitrogen functional groups attached to an aromatic ring is 1. The van der Waals surface area contributed by atoms with Crippen LogP contribution in [0.1, 0.15) is 15.9 Å². The first-order valence-corrected chi connectivity index (χ1v) is 7.58. The first-order chi connectivity index (χ1) is 9.74. The molecule has 0 fully saturated rings. The molecule has 0 unspecified atom stereocenters. The summed E-state index contributed by atoms with van der Waals surface area (Å²) in [7, 11) is 0. The Morgan fingerprint density at radius 3 is 2.75 bits per heavy atom. The molecule has 0 saturated heterocycles. The van der Waals surface area contributed by atoms with E-state index in [0.717, 1.165) is 23.4 Å². The molecular formula is C16H16N2OS. The lowest BCUT2D eigenvalue weighted by Gasteiger charge is -2.14. The van der Waals surface area contributed by atoms with E-state index in [1.54, 1.807) is 17.8 Å². The zero-order valence-electron chi connectivity index (χ0n) is 11.1. The molecule has 0 bridgehead atoms. The van der Waals surface area contributed by atoms with Gasteiger partial charge in [-0.05, 0) is 29.8 Å². The second-order valence-corrected chi connectivity index (χ2v) is 5.97. The average Bonchev–Trinajstić information content (AvgIpc) is 2.77. The standard InChI is InChI=1S/C16H16N2OS/c17-13-7-6-12-11-18(16(19)15(12)10-13)8-9-20-14-4-2-1-3-5-14/h1-7,10H,8-9,11,17H2. The summed E-state index contributed by atoms with van der Waals surface area (Å²) >= 11 is 1.77. The van der Waals surface area contributed by atoms with Crippen molar-refractivity contribution in [3.05, 3.63) is 59.7 Å². The lowest BCUT2D eigenvalue weighted by molar-refractivity contribution is 0.0788. The molecule has 0 aliphatic carbocycles. The minimum absolute atomic E-state index is 0.0981. The Kier molecular flexibility index (Phi) is 3.65. The number of rotatable bonds is 4. The van der Waals surface area contributed by atoms with Crippen LogP contribution in [0.5, 0.6) is 0 Å². The molecule has 0 atom stereocenters. The average molecular weight is 284 g/mol. The summed E-state index contributed by atoms with van der Waals surface area (Å²) in [5.41, 5.74) is 8.23. The predicted octanol–water partition coefficient (Wildman–Crippen LogP) is 3.02. The fraction of sp³-hybridized carbons (Fsp3) is 0.188. The maximum absolute atomic E-state index is 12.3. The van der Waals surface area contributed by atoms with Gasteiger partial charge in [0.15, 0.2) is 0 Å². The van der Waals surface area contributed by atoms with Crippen molar-refractivity contribution in [2.45, 2.75) is 11.4 Å². The number of benzene rings is 2. The molecule has 102 valence electrons. The molecule has 1 aliphatic rings. The van der Waals surface area contributed by atoms with Gasteiger partial charge < -0.3 is 10.6 Å². The summed E-state index contributed by atoms with van der Waals surface area (Å²) in [4.78, 5) is 15.4. The minimum Gasteiger partial charge on any atom is -0.399 e. The van der Waals surface area contributed by atoms with Crippen LogP contribution >= 0.6 is 11.8 Å². The van der Waals surface area contributed by atoms with E-state index >= 15 is 0 Å². The molecule has 2 aromatic carbocycles. The smallest absolute Gasteiger partial charge is 0.254 e. The third-order valence-electron chi connectivity index (χ3n) is 3.39. The number of carbonyl (C=O) groups is 1. The normalized spacial score (nSPS) is 13.6. The van der Waals surface area contributed by atoms with E-state index in [1.807, 2.05) is 35.2 Å². The number of nitrogens with zero attached hydrogens (tertiary/aromatic N) is 1. The lowest BCUT2D eigenvalue weighted by Crippen LogP contribution is -2.26. The van der Waals surface area contributed by atoms with Gasteiger partial charge in [0.1, 0.15) is 0 Å². The minimum atomic E-state index is 0.0981. The van der Waals surface area contributed by atoms with Crippen molar-refractivity contribution in [1.29, 1.82) is 0 Å². The molecule has 1 amide bonds. The molecule has 3 nitrogen and oxygen atoms in total. The molecule has 4 heteroatoms. The van der Waals surface area contributed by atoms with E-state index in [9.17, 15) is 4.79 Å². The zero-order chi connectivity index (χ0) is 13.9. The van der Waals surface area contributed by atoms with Gasteiger partial charge in [-0.3, -0.25) is 4.79 Å². The number of hydrogen-bond donors (Lipinski definition) is 1. The zero-order valence-corrected chi connectivity index (χ0v) is 11.9. The number of nitrogens with two attached hydrogens (primary N) is 1. The number of hydrogen-bond acceptors (Lipinski definition) is 3. The van der Waals surface area contributed by atoms with Gasteiger partial charge in [0, 0.05) is 35.0 Å². The highest BCUT2D eigenvalue weighted by Gasteiger charge is 2.26. The summed E-state index contributed by atoms with van der Waals surface area (Å²) in [5.74, 6) is 1.00. The Hall–Kier alpha value is -1.94. The van der Waals surface area contributed by atoms with E-state index in [2.05, 4.69) is 12.1 Å². The molecule has 3 rings (SSSR count).